The van der Waals surface area contributed by atoms with Crippen LogP contribution in [0.2, 0.25) is 0 Å². The summed E-state index contributed by atoms with van der Waals surface area (Å²) in [5, 5.41) is 1.16. The Labute approximate surface area is 93.6 Å². The zero-order valence-corrected chi connectivity index (χ0v) is 8.98. The van der Waals surface area contributed by atoms with Gasteiger partial charge < -0.3 is 19.8 Å². The number of nitrogens with two attached hydrogens (primary N) is 1. The molecule has 3 rings (SSSR count). The van der Waals surface area contributed by atoms with Gasteiger partial charge in [-0.1, -0.05) is 0 Å². The van der Waals surface area contributed by atoms with E-state index in [4.69, 9.17) is 15.2 Å². The first kappa shape index (κ1) is 9.54. The Morgan fingerprint density at radius 2 is 1.94 bits per heavy atom. The van der Waals surface area contributed by atoms with E-state index < -0.39 is 0 Å². The molecule has 0 amide bonds. The third kappa shape index (κ3) is 1.42. The molecule has 0 bridgehead atoms. The fraction of sp³-hybridized carbons (Fsp3) is 0.333. The zero-order chi connectivity index (χ0) is 11.0. The highest BCUT2D eigenvalue weighted by atomic mass is 16.6. The van der Waals surface area contributed by atoms with Gasteiger partial charge in [-0.05, 0) is 12.1 Å². The van der Waals surface area contributed by atoms with Crippen LogP contribution in [0.25, 0.3) is 10.9 Å². The van der Waals surface area contributed by atoms with Gasteiger partial charge >= 0.3 is 0 Å². The van der Waals surface area contributed by atoms with Crippen molar-refractivity contribution in [1.29, 1.82) is 0 Å². The Morgan fingerprint density at radius 3 is 2.69 bits per heavy atom. The van der Waals surface area contributed by atoms with Crippen molar-refractivity contribution >= 4 is 10.9 Å². The van der Waals surface area contributed by atoms with Crippen LogP contribution in [0.1, 0.15) is 0 Å². The maximum atomic E-state index is 5.57. The highest BCUT2D eigenvalue weighted by molar-refractivity contribution is 5.84. The molecule has 1 aliphatic rings. The molecule has 2 heterocycles. The average Bonchev–Trinajstić information content (AvgIpc) is 2.70. The van der Waals surface area contributed by atoms with Crippen LogP contribution in [0.3, 0.4) is 0 Å². The molecule has 0 fully saturated rings. The number of aromatic nitrogens is 1. The highest BCUT2D eigenvalue weighted by Crippen LogP contribution is 2.34. The van der Waals surface area contributed by atoms with Gasteiger partial charge in [-0.2, -0.15) is 0 Å². The Kier molecular flexibility index (Phi) is 2.22. The molecule has 1 aromatic heterocycles. The number of benzene rings is 1. The average molecular weight is 218 g/mol. The molecule has 1 aromatic carbocycles. The van der Waals surface area contributed by atoms with Crippen molar-refractivity contribution in [2.45, 2.75) is 6.54 Å². The van der Waals surface area contributed by atoms with Gasteiger partial charge in [0.15, 0.2) is 11.5 Å². The van der Waals surface area contributed by atoms with E-state index in [2.05, 4.69) is 10.6 Å². The van der Waals surface area contributed by atoms with E-state index in [9.17, 15) is 0 Å². The number of fused-ring (bicyclic) bond motifs is 2. The summed E-state index contributed by atoms with van der Waals surface area (Å²) < 4.78 is 13.2. The third-order valence-electron chi connectivity index (χ3n) is 2.80. The van der Waals surface area contributed by atoms with E-state index in [-0.39, 0.29) is 0 Å². The summed E-state index contributed by atoms with van der Waals surface area (Å²) in [6, 6.07) is 6.12. The van der Waals surface area contributed by atoms with Crippen LogP contribution in [0.15, 0.2) is 24.4 Å². The predicted molar refractivity (Wildman–Crippen MR) is 62.0 cm³/mol. The molecule has 0 saturated heterocycles. The van der Waals surface area contributed by atoms with Gasteiger partial charge in [-0.15, -0.1) is 0 Å². The quantitative estimate of drug-likeness (QED) is 0.828. The van der Waals surface area contributed by atoms with Gasteiger partial charge in [0.05, 0.1) is 5.52 Å². The molecule has 2 aromatic rings. The Balaban J connectivity index is 2.14. The van der Waals surface area contributed by atoms with Gasteiger partial charge in [-0.25, -0.2) is 0 Å². The van der Waals surface area contributed by atoms with Crippen LogP contribution in [0.4, 0.5) is 0 Å². The van der Waals surface area contributed by atoms with Gasteiger partial charge in [-0.3, -0.25) is 0 Å². The van der Waals surface area contributed by atoms with Crippen molar-refractivity contribution in [3.05, 3.63) is 24.4 Å². The smallest absolute Gasteiger partial charge is 0.163 e. The summed E-state index contributed by atoms with van der Waals surface area (Å²) in [5.41, 5.74) is 6.72. The Hall–Kier alpha value is -1.68. The third-order valence-corrected chi connectivity index (χ3v) is 2.80. The van der Waals surface area contributed by atoms with Crippen molar-refractivity contribution in [1.82, 2.24) is 4.57 Å². The zero-order valence-electron chi connectivity index (χ0n) is 8.98. The Morgan fingerprint density at radius 1 is 1.19 bits per heavy atom. The molecule has 4 heteroatoms. The van der Waals surface area contributed by atoms with Crippen LogP contribution < -0.4 is 15.2 Å². The minimum Gasteiger partial charge on any atom is -0.486 e. The first-order valence-corrected chi connectivity index (χ1v) is 5.47. The Bertz CT molecular complexity index is 519. The van der Waals surface area contributed by atoms with Crippen molar-refractivity contribution < 1.29 is 9.47 Å². The lowest BCUT2D eigenvalue weighted by Crippen LogP contribution is -2.15. The van der Waals surface area contributed by atoms with Gasteiger partial charge in [0, 0.05) is 30.7 Å². The lowest BCUT2D eigenvalue weighted by Gasteiger charge is -2.18. The summed E-state index contributed by atoms with van der Waals surface area (Å²) in [5.74, 6) is 1.67. The van der Waals surface area contributed by atoms with E-state index in [1.807, 2.05) is 18.3 Å². The minimum absolute atomic E-state index is 0.621. The topological polar surface area (TPSA) is 49.4 Å². The number of hydrogen-bond donors (Lipinski definition) is 1. The summed E-state index contributed by atoms with van der Waals surface area (Å²) in [7, 11) is 0. The molecule has 16 heavy (non-hydrogen) atoms. The van der Waals surface area contributed by atoms with Crippen LogP contribution in [0, 0.1) is 0 Å². The lowest BCUT2D eigenvalue weighted by atomic mass is 10.2. The summed E-state index contributed by atoms with van der Waals surface area (Å²) in [6.45, 7) is 2.71. The summed E-state index contributed by atoms with van der Waals surface area (Å²) in [4.78, 5) is 0. The molecule has 0 unspecified atom stereocenters. The van der Waals surface area contributed by atoms with Gasteiger partial charge in [0.2, 0.25) is 0 Å². The molecule has 0 spiro atoms. The molecule has 2 N–H and O–H groups in total. The molecular formula is C12H14N2O2. The van der Waals surface area contributed by atoms with E-state index in [0.29, 0.717) is 19.8 Å². The van der Waals surface area contributed by atoms with Crippen molar-refractivity contribution in [3.63, 3.8) is 0 Å². The first-order chi connectivity index (χ1) is 7.88. The molecule has 1 aliphatic heterocycles. The maximum Gasteiger partial charge on any atom is 0.163 e. The van der Waals surface area contributed by atoms with Gasteiger partial charge in [0.25, 0.3) is 0 Å². The van der Waals surface area contributed by atoms with Crippen molar-refractivity contribution in [3.8, 4) is 11.5 Å². The molecular weight excluding hydrogens is 204 g/mol. The van der Waals surface area contributed by atoms with E-state index in [0.717, 1.165) is 28.9 Å². The molecule has 0 radical (unpaired) electrons. The number of ether oxygens (including phenoxy) is 2. The van der Waals surface area contributed by atoms with Crippen molar-refractivity contribution in [2.24, 2.45) is 5.73 Å². The maximum absolute atomic E-state index is 5.57. The van der Waals surface area contributed by atoms with Crippen LogP contribution in [-0.2, 0) is 6.54 Å². The number of nitrogens with zero attached hydrogens (tertiary/aromatic N) is 1. The highest BCUT2D eigenvalue weighted by Gasteiger charge is 2.13. The monoisotopic (exact) mass is 218 g/mol. The predicted octanol–water partition coefficient (Wildman–Crippen LogP) is 1.37. The minimum atomic E-state index is 0.621. The fourth-order valence-corrected chi connectivity index (χ4v) is 2.06. The summed E-state index contributed by atoms with van der Waals surface area (Å²) in [6.07, 6.45) is 2.04. The lowest BCUT2D eigenvalue weighted by molar-refractivity contribution is 0.172. The molecule has 0 atom stereocenters. The van der Waals surface area contributed by atoms with Crippen LogP contribution in [-0.4, -0.2) is 24.3 Å². The first-order valence-electron chi connectivity index (χ1n) is 5.47. The second-order valence-electron chi connectivity index (χ2n) is 3.85. The number of rotatable bonds is 2. The second-order valence-corrected chi connectivity index (χ2v) is 3.85. The molecule has 84 valence electrons. The molecule has 0 saturated carbocycles. The largest absolute Gasteiger partial charge is 0.486 e. The van der Waals surface area contributed by atoms with E-state index >= 15 is 0 Å². The number of hydrogen-bond acceptors (Lipinski definition) is 3. The second kappa shape index (κ2) is 3.72. The molecule has 0 aliphatic carbocycles. The van der Waals surface area contributed by atoms with Crippen molar-refractivity contribution in [2.75, 3.05) is 19.8 Å². The van der Waals surface area contributed by atoms with Crippen LogP contribution >= 0.6 is 0 Å². The normalized spacial score (nSPS) is 14.3. The SMILES string of the molecule is NCCn1ccc2cc3c(cc21)OCCO3. The molecule has 4 nitrogen and oxygen atoms in total. The fourth-order valence-electron chi connectivity index (χ4n) is 2.06. The summed E-state index contributed by atoms with van der Waals surface area (Å²) >= 11 is 0. The van der Waals surface area contributed by atoms with E-state index in [1.54, 1.807) is 0 Å². The van der Waals surface area contributed by atoms with E-state index in [1.165, 1.54) is 0 Å². The standard InChI is InChI=1S/C12H14N2O2/c13-2-4-14-3-1-9-7-11-12(8-10(9)14)16-6-5-15-11/h1,3,7-8H,2,4-6,13H2. The van der Waals surface area contributed by atoms with Gasteiger partial charge in [0.1, 0.15) is 13.2 Å². The van der Waals surface area contributed by atoms with Crippen LogP contribution in [0.5, 0.6) is 11.5 Å².